The quantitative estimate of drug-likeness (QED) is 0.408. The Bertz CT molecular complexity index is 1120. The van der Waals surface area contributed by atoms with E-state index in [0.717, 1.165) is 54.3 Å². The third kappa shape index (κ3) is 4.87. The van der Waals surface area contributed by atoms with Crippen molar-refractivity contribution >= 4 is 40.2 Å². The molecular formula is C27H28ClN3O. The summed E-state index contributed by atoms with van der Waals surface area (Å²) in [6.07, 6.45) is 1.02. The summed E-state index contributed by atoms with van der Waals surface area (Å²) in [7, 11) is 0. The Morgan fingerprint density at radius 3 is 2.38 bits per heavy atom. The summed E-state index contributed by atoms with van der Waals surface area (Å²) in [6.45, 7) is 7.58. The van der Waals surface area contributed by atoms with Crippen molar-refractivity contribution in [2.24, 2.45) is 0 Å². The van der Waals surface area contributed by atoms with Crippen LogP contribution in [0.2, 0.25) is 5.02 Å². The van der Waals surface area contributed by atoms with Crippen molar-refractivity contribution in [1.29, 1.82) is 0 Å². The molecule has 4 rings (SSSR count). The third-order valence-electron chi connectivity index (χ3n) is 5.87. The largest absolute Gasteiger partial charge is 0.354 e. The highest BCUT2D eigenvalue weighted by Gasteiger charge is 2.28. The maximum absolute atomic E-state index is 13.0. The zero-order chi connectivity index (χ0) is 22.5. The van der Waals surface area contributed by atoms with Crippen LogP contribution < -0.4 is 10.6 Å². The average molecular weight is 446 g/mol. The molecule has 0 aliphatic carbocycles. The van der Waals surface area contributed by atoms with Crippen LogP contribution in [0, 0.1) is 0 Å². The molecule has 3 aromatic carbocycles. The van der Waals surface area contributed by atoms with Crippen LogP contribution in [0.4, 0.5) is 11.4 Å². The second kappa shape index (κ2) is 10.0. The van der Waals surface area contributed by atoms with Gasteiger partial charge in [0.25, 0.3) is 5.91 Å². The third-order valence-corrected chi connectivity index (χ3v) is 6.11. The Morgan fingerprint density at radius 1 is 0.969 bits per heavy atom. The molecule has 0 saturated heterocycles. The predicted octanol–water partition coefficient (Wildman–Crippen LogP) is 6.16. The first-order chi connectivity index (χ1) is 15.6. The fourth-order valence-electron chi connectivity index (χ4n) is 4.00. The first-order valence-electron chi connectivity index (χ1n) is 11.1. The van der Waals surface area contributed by atoms with Gasteiger partial charge in [0.05, 0.1) is 17.0 Å². The number of hydrogen-bond donors (Lipinski definition) is 2. The molecule has 3 aromatic rings. The fourth-order valence-corrected chi connectivity index (χ4v) is 4.18. The van der Waals surface area contributed by atoms with Crippen molar-refractivity contribution < 1.29 is 4.79 Å². The highest BCUT2D eigenvalue weighted by atomic mass is 35.5. The number of nitrogens with one attached hydrogen (secondary N) is 2. The zero-order valence-corrected chi connectivity index (χ0v) is 19.2. The standard InChI is InChI=1S/C27H28ClN3O/c1-3-31(4-2)17-16-19-10-13-22(14-11-19)29-26(20-8-6-5-7-9-20)25-23-15-12-21(28)18-24(23)30-27(25)32/h5-15,18,29H,3-4,16-17H2,1-2H3,(H,30,32). The highest BCUT2D eigenvalue weighted by Crippen LogP contribution is 2.38. The van der Waals surface area contributed by atoms with Crippen molar-refractivity contribution in [2.75, 3.05) is 30.3 Å². The van der Waals surface area contributed by atoms with E-state index >= 15 is 0 Å². The maximum atomic E-state index is 13.0. The number of anilines is 2. The number of amides is 1. The molecule has 0 saturated carbocycles. The van der Waals surface area contributed by atoms with Gasteiger partial charge < -0.3 is 15.5 Å². The molecule has 1 aliphatic rings. The molecule has 2 N–H and O–H groups in total. The van der Waals surface area contributed by atoms with Gasteiger partial charge in [-0.15, -0.1) is 0 Å². The predicted molar refractivity (Wildman–Crippen MR) is 135 cm³/mol. The second-order valence-electron chi connectivity index (χ2n) is 7.86. The summed E-state index contributed by atoms with van der Waals surface area (Å²) in [6, 6.07) is 23.9. The van der Waals surface area contributed by atoms with E-state index in [2.05, 4.69) is 53.6 Å². The van der Waals surface area contributed by atoms with E-state index in [9.17, 15) is 4.79 Å². The molecule has 5 heteroatoms. The number of hydrogen-bond acceptors (Lipinski definition) is 3. The van der Waals surface area contributed by atoms with Gasteiger partial charge in [-0.2, -0.15) is 0 Å². The Kier molecular flexibility index (Phi) is 6.93. The molecule has 0 radical (unpaired) electrons. The summed E-state index contributed by atoms with van der Waals surface area (Å²) in [4.78, 5) is 15.4. The first kappa shape index (κ1) is 22.1. The molecule has 0 aromatic heterocycles. The normalized spacial score (nSPS) is 14.3. The summed E-state index contributed by atoms with van der Waals surface area (Å²) in [5.74, 6) is -0.135. The van der Waals surface area contributed by atoms with Crippen LogP contribution in [0.25, 0.3) is 11.3 Å². The topological polar surface area (TPSA) is 44.4 Å². The summed E-state index contributed by atoms with van der Waals surface area (Å²) < 4.78 is 0. The minimum absolute atomic E-state index is 0.135. The van der Waals surface area contributed by atoms with E-state index in [1.807, 2.05) is 42.5 Å². The van der Waals surface area contributed by atoms with Crippen LogP contribution in [-0.4, -0.2) is 30.4 Å². The minimum atomic E-state index is -0.135. The van der Waals surface area contributed by atoms with E-state index in [1.54, 1.807) is 6.07 Å². The summed E-state index contributed by atoms with van der Waals surface area (Å²) in [5, 5.41) is 7.06. The molecule has 0 bridgehead atoms. The molecule has 0 fully saturated rings. The van der Waals surface area contributed by atoms with Gasteiger partial charge in [0, 0.05) is 22.8 Å². The number of likely N-dealkylation sites (N-methyl/N-ethyl adjacent to an activating group) is 1. The number of nitrogens with zero attached hydrogens (tertiary/aromatic N) is 1. The summed E-state index contributed by atoms with van der Waals surface area (Å²) >= 11 is 6.14. The van der Waals surface area contributed by atoms with Gasteiger partial charge in [0.15, 0.2) is 0 Å². The Labute approximate surface area is 194 Å². The Hall–Kier alpha value is -3.08. The van der Waals surface area contributed by atoms with Crippen LogP contribution in [0.3, 0.4) is 0 Å². The highest BCUT2D eigenvalue weighted by molar-refractivity contribution is 6.38. The second-order valence-corrected chi connectivity index (χ2v) is 8.30. The molecule has 1 heterocycles. The van der Waals surface area contributed by atoms with Crippen molar-refractivity contribution in [3.8, 4) is 0 Å². The van der Waals surface area contributed by atoms with Crippen LogP contribution in [0.15, 0.2) is 72.8 Å². The van der Waals surface area contributed by atoms with Crippen LogP contribution >= 0.6 is 11.6 Å². The number of carbonyl (C=O) groups is 1. The lowest BCUT2D eigenvalue weighted by atomic mass is 10.00. The molecular weight excluding hydrogens is 418 g/mol. The van der Waals surface area contributed by atoms with Crippen molar-refractivity contribution in [3.05, 3.63) is 94.5 Å². The van der Waals surface area contributed by atoms with E-state index in [0.29, 0.717) is 10.6 Å². The summed E-state index contributed by atoms with van der Waals surface area (Å²) in [5.41, 5.74) is 6.17. The average Bonchev–Trinajstić information content (AvgIpc) is 3.14. The Morgan fingerprint density at radius 2 is 1.69 bits per heavy atom. The molecule has 0 unspecified atom stereocenters. The molecule has 0 atom stereocenters. The number of fused-ring (bicyclic) bond motifs is 1. The van der Waals surface area contributed by atoms with Gasteiger partial charge >= 0.3 is 0 Å². The molecule has 0 spiro atoms. The van der Waals surface area contributed by atoms with Crippen LogP contribution in [0.1, 0.15) is 30.5 Å². The molecule has 1 amide bonds. The van der Waals surface area contributed by atoms with Gasteiger partial charge in [0.2, 0.25) is 0 Å². The van der Waals surface area contributed by atoms with E-state index in [4.69, 9.17) is 11.6 Å². The molecule has 1 aliphatic heterocycles. The number of carbonyl (C=O) groups excluding carboxylic acids is 1. The fraction of sp³-hybridized carbons (Fsp3) is 0.222. The maximum Gasteiger partial charge on any atom is 0.258 e. The SMILES string of the molecule is CCN(CC)CCc1ccc(NC(=C2C(=O)Nc3cc(Cl)ccc32)c2ccccc2)cc1. The Balaban J connectivity index is 1.66. The van der Waals surface area contributed by atoms with E-state index in [-0.39, 0.29) is 5.91 Å². The molecule has 164 valence electrons. The van der Waals surface area contributed by atoms with Crippen LogP contribution in [-0.2, 0) is 11.2 Å². The van der Waals surface area contributed by atoms with Crippen molar-refractivity contribution in [1.82, 2.24) is 4.90 Å². The van der Waals surface area contributed by atoms with Gasteiger partial charge in [-0.1, -0.05) is 74.0 Å². The van der Waals surface area contributed by atoms with Crippen molar-refractivity contribution in [2.45, 2.75) is 20.3 Å². The van der Waals surface area contributed by atoms with Crippen LogP contribution in [0.5, 0.6) is 0 Å². The van der Waals surface area contributed by atoms with Gasteiger partial charge in [0.1, 0.15) is 0 Å². The van der Waals surface area contributed by atoms with Gasteiger partial charge in [-0.05, 0) is 54.9 Å². The molecule has 32 heavy (non-hydrogen) atoms. The minimum Gasteiger partial charge on any atom is -0.354 e. The lowest BCUT2D eigenvalue weighted by molar-refractivity contribution is -0.110. The number of rotatable bonds is 8. The van der Waals surface area contributed by atoms with Gasteiger partial charge in [-0.25, -0.2) is 0 Å². The monoisotopic (exact) mass is 445 g/mol. The van der Waals surface area contributed by atoms with E-state index < -0.39 is 0 Å². The molecule has 4 nitrogen and oxygen atoms in total. The van der Waals surface area contributed by atoms with Gasteiger partial charge in [-0.3, -0.25) is 4.79 Å². The number of halogens is 1. The lowest BCUT2D eigenvalue weighted by Crippen LogP contribution is -2.25. The lowest BCUT2D eigenvalue weighted by Gasteiger charge is -2.18. The van der Waals surface area contributed by atoms with E-state index in [1.165, 1.54) is 5.56 Å². The van der Waals surface area contributed by atoms with Crippen molar-refractivity contribution in [3.63, 3.8) is 0 Å². The smallest absolute Gasteiger partial charge is 0.258 e. The number of benzene rings is 3. The first-order valence-corrected chi connectivity index (χ1v) is 11.5. The zero-order valence-electron chi connectivity index (χ0n) is 18.5.